The van der Waals surface area contributed by atoms with Crippen molar-refractivity contribution in [1.29, 1.82) is 0 Å². The monoisotopic (exact) mass is 153 g/mol. The fourth-order valence-electron chi connectivity index (χ4n) is 0.753. The second kappa shape index (κ2) is 9.28. The van der Waals surface area contributed by atoms with Gasteiger partial charge in [-0.15, -0.1) is 0 Å². The maximum absolute atomic E-state index is 3.21. The summed E-state index contributed by atoms with van der Waals surface area (Å²) in [6, 6.07) is 0. The van der Waals surface area contributed by atoms with Crippen molar-refractivity contribution in [2.75, 3.05) is 6.54 Å². The number of allylic oxidation sites excluding steroid dienone is 3. The third-order valence-electron chi connectivity index (χ3n) is 1.37. The third kappa shape index (κ3) is 9.28. The Morgan fingerprint density at radius 2 is 1.91 bits per heavy atom. The normalized spacial score (nSPS) is 11.5. The van der Waals surface area contributed by atoms with Crippen LogP contribution in [-0.2, 0) is 0 Å². The quantitative estimate of drug-likeness (QED) is 0.457. The lowest BCUT2D eigenvalue weighted by Crippen LogP contribution is -2.04. The largest absolute Gasteiger partial charge is 0.391 e. The van der Waals surface area contributed by atoms with Gasteiger partial charge in [0.2, 0.25) is 0 Å². The van der Waals surface area contributed by atoms with Gasteiger partial charge in [-0.25, -0.2) is 0 Å². The van der Waals surface area contributed by atoms with Crippen LogP contribution >= 0.6 is 0 Å². The minimum Gasteiger partial charge on any atom is -0.391 e. The number of nitrogens with one attached hydrogen (secondary N) is 1. The zero-order valence-electron chi connectivity index (χ0n) is 7.64. The Morgan fingerprint density at radius 3 is 2.55 bits per heavy atom. The molecule has 1 N–H and O–H groups in total. The van der Waals surface area contributed by atoms with E-state index >= 15 is 0 Å². The third-order valence-corrected chi connectivity index (χ3v) is 1.37. The van der Waals surface area contributed by atoms with Crippen LogP contribution in [0.2, 0.25) is 0 Å². The molecule has 11 heavy (non-hydrogen) atoms. The topological polar surface area (TPSA) is 12.0 Å². The standard InChI is InChI=1S/C10H19N/c1-3-5-6-7-8-10-11-9-4-2/h3,5,8,10-11H,4,6-7,9H2,1-2H3/b5-3+,10-8+. The molecule has 0 radical (unpaired) electrons. The van der Waals surface area contributed by atoms with E-state index in [1.54, 1.807) is 0 Å². The lowest BCUT2D eigenvalue weighted by atomic mass is 10.3. The van der Waals surface area contributed by atoms with Crippen LogP contribution in [0, 0.1) is 0 Å². The molecule has 1 heteroatoms. The highest BCUT2D eigenvalue weighted by molar-refractivity contribution is 4.85. The minimum atomic E-state index is 1.08. The molecule has 0 atom stereocenters. The predicted molar refractivity (Wildman–Crippen MR) is 51.5 cm³/mol. The lowest BCUT2D eigenvalue weighted by Gasteiger charge is -1.93. The van der Waals surface area contributed by atoms with Gasteiger partial charge in [-0.3, -0.25) is 0 Å². The summed E-state index contributed by atoms with van der Waals surface area (Å²) < 4.78 is 0. The number of hydrogen-bond acceptors (Lipinski definition) is 1. The highest BCUT2D eigenvalue weighted by Gasteiger charge is 1.75. The molecule has 0 aromatic heterocycles. The minimum absolute atomic E-state index is 1.08. The number of unbranched alkanes of at least 4 members (excludes halogenated alkanes) is 1. The molecule has 0 saturated heterocycles. The summed E-state index contributed by atoms with van der Waals surface area (Å²) in [5.41, 5.74) is 0. The Hall–Kier alpha value is -0.720. The summed E-state index contributed by atoms with van der Waals surface area (Å²) in [6.45, 7) is 5.31. The fourth-order valence-corrected chi connectivity index (χ4v) is 0.753. The van der Waals surface area contributed by atoms with E-state index in [4.69, 9.17) is 0 Å². The molecule has 0 unspecified atom stereocenters. The van der Waals surface area contributed by atoms with E-state index in [9.17, 15) is 0 Å². The fraction of sp³-hybridized carbons (Fsp3) is 0.600. The SMILES string of the molecule is C/C=C/CC/C=C/NCCC. The molecular weight excluding hydrogens is 134 g/mol. The molecule has 0 aliphatic heterocycles. The second-order valence-electron chi connectivity index (χ2n) is 2.50. The average molecular weight is 153 g/mol. The molecule has 0 rings (SSSR count). The van der Waals surface area contributed by atoms with Gasteiger partial charge in [-0.05, 0) is 32.4 Å². The van der Waals surface area contributed by atoms with Crippen LogP contribution in [0.3, 0.4) is 0 Å². The zero-order chi connectivity index (χ0) is 8.36. The maximum atomic E-state index is 3.21. The highest BCUT2D eigenvalue weighted by atomic mass is 14.8. The molecule has 0 aromatic carbocycles. The number of rotatable bonds is 6. The molecule has 0 saturated carbocycles. The Balaban J connectivity index is 3.03. The van der Waals surface area contributed by atoms with Crippen molar-refractivity contribution in [2.45, 2.75) is 33.1 Å². The van der Waals surface area contributed by atoms with Gasteiger partial charge in [0.25, 0.3) is 0 Å². The predicted octanol–water partition coefficient (Wildman–Crippen LogP) is 2.86. The Bertz CT molecular complexity index is 114. The van der Waals surface area contributed by atoms with Crippen molar-refractivity contribution in [3.05, 3.63) is 24.4 Å². The molecule has 0 bridgehead atoms. The smallest absolute Gasteiger partial charge is 0.0138 e. The molecule has 0 fully saturated rings. The van der Waals surface area contributed by atoms with E-state index in [0.29, 0.717) is 0 Å². The van der Waals surface area contributed by atoms with Gasteiger partial charge in [0.05, 0.1) is 0 Å². The highest BCUT2D eigenvalue weighted by Crippen LogP contribution is 1.90. The van der Waals surface area contributed by atoms with E-state index in [2.05, 4.69) is 37.4 Å². The summed E-state index contributed by atoms with van der Waals surface area (Å²) in [6.07, 6.45) is 12.0. The Morgan fingerprint density at radius 1 is 1.18 bits per heavy atom. The van der Waals surface area contributed by atoms with Gasteiger partial charge in [0.1, 0.15) is 0 Å². The maximum Gasteiger partial charge on any atom is 0.0138 e. The molecule has 0 spiro atoms. The van der Waals surface area contributed by atoms with E-state index in [1.165, 1.54) is 6.42 Å². The van der Waals surface area contributed by atoms with Gasteiger partial charge in [-0.1, -0.05) is 25.2 Å². The van der Waals surface area contributed by atoms with Crippen molar-refractivity contribution >= 4 is 0 Å². The first kappa shape index (κ1) is 10.3. The van der Waals surface area contributed by atoms with Crippen molar-refractivity contribution in [2.24, 2.45) is 0 Å². The van der Waals surface area contributed by atoms with E-state index in [1.807, 2.05) is 6.20 Å². The van der Waals surface area contributed by atoms with Crippen molar-refractivity contribution in [1.82, 2.24) is 5.32 Å². The Kier molecular flexibility index (Phi) is 8.67. The van der Waals surface area contributed by atoms with Crippen LogP contribution in [-0.4, -0.2) is 6.54 Å². The van der Waals surface area contributed by atoms with Crippen LogP contribution < -0.4 is 5.32 Å². The van der Waals surface area contributed by atoms with Crippen molar-refractivity contribution in [3.63, 3.8) is 0 Å². The van der Waals surface area contributed by atoms with Gasteiger partial charge in [-0.2, -0.15) is 0 Å². The summed E-state index contributed by atoms with van der Waals surface area (Å²) in [5, 5.41) is 3.21. The van der Waals surface area contributed by atoms with Gasteiger partial charge < -0.3 is 5.32 Å². The molecule has 0 heterocycles. The van der Waals surface area contributed by atoms with Crippen molar-refractivity contribution in [3.8, 4) is 0 Å². The average Bonchev–Trinajstić information content (AvgIpc) is 2.03. The Labute approximate surface area is 70.2 Å². The van der Waals surface area contributed by atoms with Crippen LogP contribution in [0.1, 0.15) is 33.1 Å². The summed E-state index contributed by atoms with van der Waals surface area (Å²) in [7, 11) is 0. The van der Waals surface area contributed by atoms with Crippen LogP contribution in [0.4, 0.5) is 0 Å². The van der Waals surface area contributed by atoms with E-state index in [-0.39, 0.29) is 0 Å². The van der Waals surface area contributed by atoms with E-state index < -0.39 is 0 Å². The molecule has 64 valence electrons. The first-order chi connectivity index (χ1) is 5.41. The van der Waals surface area contributed by atoms with Crippen molar-refractivity contribution < 1.29 is 0 Å². The van der Waals surface area contributed by atoms with Gasteiger partial charge >= 0.3 is 0 Å². The van der Waals surface area contributed by atoms with Crippen LogP contribution in [0.5, 0.6) is 0 Å². The summed E-state index contributed by atoms with van der Waals surface area (Å²) >= 11 is 0. The molecule has 0 aliphatic rings. The van der Waals surface area contributed by atoms with Gasteiger partial charge in [0.15, 0.2) is 0 Å². The zero-order valence-corrected chi connectivity index (χ0v) is 7.64. The number of hydrogen-bond donors (Lipinski definition) is 1. The van der Waals surface area contributed by atoms with Crippen LogP contribution in [0.25, 0.3) is 0 Å². The molecular formula is C10H19N. The first-order valence-corrected chi connectivity index (χ1v) is 4.41. The molecule has 0 amide bonds. The first-order valence-electron chi connectivity index (χ1n) is 4.41. The second-order valence-corrected chi connectivity index (χ2v) is 2.50. The van der Waals surface area contributed by atoms with E-state index in [0.717, 1.165) is 19.4 Å². The molecule has 0 aromatic rings. The summed E-state index contributed by atoms with van der Waals surface area (Å²) in [5.74, 6) is 0. The molecule has 1 nitrogen and oxygen atoms in total. The summed E-state index contributed by atoms with van der Waals surface area (Å²) in [4.78, 5) is 0. The lowest BCUT2D eigenvalue weighted by molar-refractivity contribution is 0.804. The van der Waals surface area contributed by atoms with Crippen LogP contribution in [0.15, 0.2) is 24.4 Å². The molecule has 0 aliphatic carbocycles. The van der Waals surface area contributed by atoms with Gasteiger partial charge in [0, 0.05) is 6.54 Å².